The van der Waals surface area contributed by atoms with Crippen LogP contribution in [-0.4, -0.2) is 57.9 Å². The molecule has 1 aliphatic rings. The maximum absolute atomic E-state index is 13.3. The summed E-state index contributed by atoms with van der Waals surface area (Å²) >= 11 is 1.47. The van der Waals surface area contributed by atoms with Gasteiger partial charge in [0.2, 0.25) is 10.8 Å². The SMILES string of the molecule is CCc1nc2sc([C@H](c3cccc(OC)c3)N3CCN(c4ccc(F)cc4)CC3)c(O)n2n1. The number of fused-ring (bicyclic) bond motifs is 1. The average Bonchev–Trinajstić information content (AvgIpc) is 3.39. The van der Waals surface area contributed by atoms with Crippen LogP contribution >= 0.6 is 11.3 Å². The number of aromatic nitrogens is 3. The Balaban J connectivity index is 1.48. The highest BCUT2D eigenvalue weighted by molar-refractivity contribution is 7.17. The number of nitrogens with zero attached hydrogens (tertiary/aromatic N) is 5. The van der Waals surface area contributed by atoms with Gasteiger partial charge in [0, 0.05) is 38.3 Å². The lowest BCUT2D eigenvalue weighted by atomic mass is 10.0. The molecule has 0 saturated carbocycles. The molecule has 1 N–H and O–H groups in total. The Morgan fingerprint density at radius 3 is 2.55 bits per heavy atom. The fourth-order valence-corrected chi connectivity index (χ4v) is 5.48. The van der Waals surface area contributed by atoms with Crippen molar-refractivity contribution in [1.82, 2.24) is 19.5 Å². The molecule has 2 aromatic carbocycles. The third-order valence-electron chi connectivity index (χ3n) is 6.09. The van der Waals surface area contributed by atoms with Crippen molar-refractivity contribution in [2.75, 3.05) is 38.2 Å². The molecule has 0 radical (unpaired) electrons. The molecule has 172 valence electrons. The van der Waals surface area contributed by atoms with E-state index in [0.717, 1.165) is 48.1 Å². The number of piperazine rings is 1. The zero-order valence-corrected chi connectivity index (χ0v) is 19.4. The molecule has 2 aromatic heterocycles. The van der Waals surface area contributed by atoms with E-state index in [4.69, 9.17) is 4.74 Å². The van der Waals surface area contributed by atoms with Gasteiger partial charge in [-0.05, 0) is 42.0 Å². The molecule has 1 saturated heterocycles. The summed E-state index contributed by atoms with van der Waals surface area (Å²) in [6.07, 6.45) is 0.716. The Morgan fingerprint density at radius 2 is 1.88 bits per heavy atom. The lowest BCUT2D eigenvalue weighted by molar-refractivity contribution is 0.211. The van der Waals surface area contributed by atoms with Crippen LogP contribution < -0.4 is 9.64 Å². The zero-order chi connectivity index (χ0) is 22.9. The van der Waals surface area contributed by atoms with E-state index in [0.29, 0.717) is 17.2 Å². The van der Waals surface area contributed by atoms with Gasteiger partial charge in [-0.25, -0.2) is 9.37 Å². The van der Waals surface area contributed by atoms with Gasteiger partial charge in [-0.3, -0.25) is 4.90 Å². The fraction of sp³-hybridized carbons (Fsp3) is 0.333. The van der Waals surface area contributed by atoms with Gasteiger partial charge in [0.1, 0.15) is 11.6 Å². The van der Waals surface area contributed by atoms with E-state index in [1.165, 1.54) is 23.5 Å². The van der Waals surface area contributed by atoms with E-state index >= 15 is 0 Å². The third-order valence-corrected chi connectivity index (χ3v) is 7.16. The largest absolute Gasteiger partial charge is 0.497 e. The van der Waals surface area contributed by atoms with Crippen molar-refractivity contribution in [1.29, 1.82) is 0 Å². The predicted octanol–water partition coefficient (Wildman–Crippen LogP) is 4.12. The van der Waals surface area contributed by atoms with Gasteiger partial charge in [-0.15, -0.1) is 5.10 Å². The number of hydrogen-bond donors (Lipinski definition) is 1. The number of rotatable bonds is 6. The molecule has 4 aromatic rings. The molecule has 7 nitrogen and oxygen atoms in total. The van der Waals surface area contributed by atoms with Gasteiger partial charge in [-0.1, -0.05) is 30.4 Å². The summed E-state index contributed by atoms with van der Waals surface area (Å²) in [5.74, 6) is 1.40. The Morgan fingerprint density at radius 1 is 1.12 bits per heavy atom. The molecule has 1 fully saturated rings. The Bertz CT molecular complexity index is 1250. The van der Waals surface area contributed by atoms with Crippen LogP contribution in [-0.2, 0) is 6.42 Å². The number of halogens is 1. The molecule has 0 spiro atoms. The molecule has 0 amide bonds. The second-order valence-corrected chi connectivity index (χ2v) is 9.05. The van der Waals surface area contributed by atoms with Crippen LogP contribution in [0.15, 0.2) is 48.5 Å². The summed E-state index contributed by atoms with van der Waals surface area (Å²) < 4.78 is 20.3. The second-order valence-electron chi connectivity index (χ2n) is 8.04. The molecule has 33 heavy (non-hydrogen) atoms. The number of hydrogen-bond acceptors (Lipinski definition) is 7. The highest BCUT2D eigenvalue weighted by Crippen LogP contribution is 2.41. The van der Waals surface area contributed by atoms with E-state index in [2.05, 4.69) is 25.9 Å². The topological polar surface area (TPSA) is 66.1 Å². The van der Waals surface area contributed by atoms with Crippen molar-refractivity contribution in [2.24, 2.45) is 0 Å². The summed E-state index contributed by atoms with van der Waals surface area (Å²) in [6, 6.07) is 14.5. The van der Waals surface area contributed by atoms with E-state index in [-0.39, 0.29) is 17.7 Å². The Kier molecular flexibility index (Phi) is 5.90. The Hall–Kier alpha value is -3.17. The maximum Gasteiger partial charge on any atom is 0.230 e. The molecule has 1 atom stereocenters. The average molecular weight is 468 g/mol. The summed E-state index contributed by atoms with van der Waals surface area (Å²) in [7, 11) is 1.66. The molecule has 0 bridgehead atoms. The summed E-state index contributed by atoms with van der Waals surface area (Å²) in [5, 5.41) is 15.6. The lowest BCUT2D eigenvalue weighted by Crippen LogP contribution is -2.47. The second kappa shape index (κ2) is 8.99. The van der Waals surface area contributed by atoms with Crippen LogP contribution in [0, 0.1) is 5.82 Å². The van der Waals surface area contributed by atoms with E-state index in [1.54, 1.807) is 11.6 Å². The minimum atomic E-state index is -0.228. The van der Waals surface area contributed by atoms with E-state index < -0.39 is 0 Å². The van der Waals surface area contributed by atoms with Crippen LogP contribution in [0.5, 0.6) is 11.6 Å². The molecule has 5 rings (SSSR count). The molecule has 1 aliphatic heterocycles. The predicted molar refractivity (Wildman–Crippen MR) is 127 cm³/mol. The summed E-state index contributed by atoms with van der Waals surface area (Å²) in [6.45, 7) is 5.16. The minimum Gasteiger partial charge on any atom is -0.497 e. The highest BCUT2D eigenvalue weighted by Gasteiger charge is 2.32. The summed E-state index contributed by atoms with van der Waals surface area (Å²) in [4.78, 5) is 10.7. The monoisotopic (exact) mass is 467 g/mol. The van der Waals surface area contributed by atoms with Gasteiger partial charge in [-0.2, -0.15) is 4.52 Å². The van der Waals surface area contributed by atoms with Crippen molar-refractivity contribution in [3.05, 3.63) is 70.6 Å². The number of aryl methyl sites for hydroxylation is 1. The van der Waals surface area contributed by atoms with Gasteiger partial charge >= 0.3 is 0 Å². The first-order valence-corrected chi connectivity index (χ1v) is 11.8. The van der Waals surface area contributed by atoms with Gasteiger partial charge in [0.25, 0.3) is 0 Å². The lowest BCUT2D eigenvalue weighted by Gasteiger charge is -2.40. The summed E-state index contributed by atoms with van der Waals surface area (Å²) in [5.41, 5.74) is 2.06. The first kappa shape index (κ1) is 21.7. The van der Waals surface area contributed by atoms with Crippen molar-refractivity contribution in [3.63, 3.8) is 0 Å². The molecular weight excluding hydrogens is 441 g/mol. The number of anilines is 1. The van der Waals surface area contributed by atoms with Gasteiger partial charge in [0.15, 0.2) is 5.82 Å². The highest BCUT2D eigenvalue weighted by atomic mass is 32.1. The van der Waals surface area contributed by atoms with Crippen molar-refractivity contribution < 1.29 is 14.2 Å². The number of aromatic hydroxyl groups is 1. The van der Waals surface area contributed by atoms with Crippen LogP contribution in [0.3, 0.4) is 0 Å². The molecule has 0 unspecified atom stereocenters. The smallest absolute Gasteiger partial charge is 0.230 e. The van der Waals surface area contributed by atoms with Crippen LogP contribution in [0.4, 0.5) is 10.1 Å². The number of methoxy groups -OCH3 is 1. The van der Waals surface area contributed by atoms with Gasteiger partial charge in [0.05, 0.1) is 18.0 Å². The van der Waals surface area contributed by atoms with Crippen molar-refractivity contribution >= 4 is 22.0 Å². The fourth-order valence-electron chi connectivity index (χ4n) is 4.35. The zero-order valence-electron chi connectivity index (χ0n) is 18.6. The van der Waals surface area contributed by atoms with Crippen LogP contribution in [0.1, 0.15) is 29.2 Å². The molecule has 0 aliphatic carbocycles. The van der Waals surface area contributed by atoms with Crippen LogP contribution in [0.25, 0.3) is 4.96 Å². The van der Waals surface area contributed by atoms with Crippen molar-refractivity contribution in [3.8, 4) is 11.6 Å². The van der Waals surface area contributed by atoms with Crippen LogP contribution in [0.2, 0.25) is 0 Å². The quantitative estimate of drug-likeness (QED) is 0.460. The maximum atomic E-state index is 13.3. The molecular formula is C24H26FN5O2S. The van der Waals surface area contributed by atoms with E-state index in [9.17, 15) is 9.50 Å². The number of thiazole rings is 1. The molecule has 9 heteroatoms. The third kappa shape index (κ3) is 4.14. The standard InChI is InChI=1S/C24H26FN5O2S/c1-3-20-26-24-30(27-20)23(31)22(33-24)21(16-5-4-6-19(15-16)32-2)29-13-11-28(12-14-29)18-9-7-17(25)8-10-18/h4-10,15,21,31H,3,11-14H2,1-2H3/t21-/m0/s1. The van der Waals surface area contributed by atoms with E-state index in [1.807, 2.05) is 37.3 Å². The van der Waals surface area contributed by atoms with Gasteiger partial charge < -0.3 is 14.7 Å². The first-order valence-electron chi connectivity index (χ1n) is 11.0. The normalized spacial score (nSPS) is 15.8. The minimum absolute atomic E-state index is 0.135. The first-order chi connectivity index (χ1) is 16.1. The Labute approximate surface area is 195 Å². The number of ether oxygens (including phenoxy) is 1. The van der Waals surface area contributed by atoms with Crippen molar-refractivity contribution in [2.45, 2.75) is 19.4 Å². The molecule has 3 heterocycles. The number of benzene rings is 2.